The van der Waals surface area contributed by atoms with Crippen molar-refractivity contribution in [1.29, 1.82) is 0 Å². The van der Waals surface area contributed by atoms with Crippen LogP contribution in [-0.2, 0) is 4.79 Å². The van der Waals surface area contributed by atoms with Crippen molar-refractivity contribution in [2.75, 3.05) is 5.75 Å². The molecule has 0 aliphatic carbocycles. The summed E-state index contributed by atoms with van der Waals surface area (Å²) < 4.78 is 1.65. The molecule has 6 heteroatoms. The fourth-order valence-electron chi connectivity index (χ4n) is 3.50. The SMILES string of the molecule is Cc1cc(=O)n2c(n1)SC[C@@H]2CC(=O)NC(c1ccccc1)c1ccccc1. The van der Waals surface area contributed by atoms with Gasteiger partial charge in [-0.3, -0.25) is 14.2 Å². The highest BCUT2D eigenvalue weighted by molar-refractivity contribution is 7.99. The first kappa shape index (κ1) is 18.5. The fourth-order valence-corrected chi connectivity index (χ4v) is 4.69. The smallest absolute Gasteiger partial charge is 0.254 e. The number of aromatic nitrogens is 2. The molecule has 3 aromatic rings. The topological polar surface area (TPSA) is 64.0 Å². The van der Waals surface area contributed by atoms with Crippen molar-refractivity contribution < 1.29 is 4.79 Å². The molecular weight excluding hydrogens is 370 g/mol. The number of amides is 1. The molecule has 2 aromatic carbocycles. The molecule has 0 fully saturated rings. The maximum atomic E-state index is 12.9. The molecule has 0 bridgehead atoms. The van der Waals surface area contributed by atoms with Gasteiger partial charge in [-0.1, -0.05) is 72.4 Å². The van der Waals surface area contributed by atoms with Gasteiger partial charge >= 0.3 is 0 Å². The number of fused-ring (bicyclic) bond motifs is 1. The molecule has 1 amide bonds. The Bertz CT molecular complexity index is 995. The minimum Gasteiger partial charge on any atom is -0.345 e. The third-order valence-electron chi connectivity index (χ3n) is 4.81. The second-order valence-corrected chi connectivity index (χ2v) is 7.87. The summed E-state index contributed by atoms with van der Waals surface area (Å²) in [4.78, 5) is 29.7. The normalized spacial score (nSPS) is 15.4. The van der Waals surface area contributed by atoms with E-state index in [4.69, 9.17) is 0 Å². The van der Waals surface area contributed by atoms with Gasteiger partial charge in [0.25, 0.3) is 5.56 Å². The predicted octanol–water partition coefficient (Wildman–Crippen LogP) is 3.49. The van der Waals surface area contributed by atoms with E-state index in [0.717, 1.165) is 11.1 Å². The number of carbonyl (C=O) groups is 1. The summed E-state index contributed by atoms with van der Waals surface area (Å²) in [6, 6.07) is 21.0. The minimum absolute atomic E-state index is 0.0800. The molecule has 0 unspecified atom stereocenters. The maximum absolute atomic E-state index is 12.9. The zero-order chi connectivity index (χ0) is 19.5. The molecule has 142 valence electrons. The summed E-state index contributed by atoms with van der Waals surface area (Å²) in [5, 5.41) is 3.85. The van der Waals surface area contributed by atoms with Crippen LogP contribution in [-0.4, -0.2) is 21.2 Å². The van der Waals surface area contributed by atoms with E-state index in [1.165, 1.54) is 17.8 Å². The maximum Gasteiger partial charge on any atom is 0.254 e. The number of nitrogens with one attached hydrogen (secondary N) is 1. The number of hydrogen-bond donors (Lipinski definition) is 1. The molecule has 2 heterocycles. The zero-order valence-electron chi connectivity index (χ0n) is 15.5. The van der Waals surface area contributed by atoms with E-state index >= 15 is 0 Å². The van der Waals surface area contributed by atoms with Gasteiger partial charge in [-0.2, -0.15) is 0 Å². The highest BCUT2D eigenvalue weighted by Gasteiger charge is 2.28. The van der Waals surface area contributed by atoms with Crippen LogP contribution < -0.4 is 10.9 Å². The first-order valence-electron chi connectivity index (χ1n) is 9.24. The Hall–Kier alpha value is -2.86. The Balaban J connectivity index is 1.55. The van der Waals surface area contributed by atoms with Crippen molar-refractivity contribution in [2.24, 2.45) is 0 Å². The van der Waals surface area contributed by atoms with Gasteiger partial charge in [0.2, 0.25) is 5.91 Å². The Labute approximate surface area is 167 Å². The molecule has 5 nitrogen and oxygen atoms in total. The van der Waals surface area contributed by atoms with E-state index in [1.54, 1.807) is 4.57 Å². The first-order chi connectivity index (χ1) is 13.6. The van der Waals surface area contributed by atoms with E-state index in [0.29, 0.717) is 16.6 Å². The molecule has 1 aliphatic heterocycles. The van der Waals surface area contributed by atoms with Crippen LogP contribution >= 0.6 is 11.8 Å². The molecule has 0 saturated carbocycles. The highest BCUT2D eigenvalue weighted by Crippen LogP contribution is 2.32. The van der Waals surface area contributed by atoms with Crippen LogP contribution in [0, 0.1) is 6.92 Å². The van der Waals surface area contributed by atoms with Crippen molar-refractivity contribution >= 4 is 17.7 Å². The fraction of sp³-hybridized carbons (Fsp3) is 0.227. The number of aryl methyl sites for hydroxylation is 1. The van der Waals surface area contributed by atoms with E-state index in [1.807, 2.05) is 67.6 Å². The summed E-state index contributed by atoms with van der Waals surface area (Å²) in [5.74, 6) is 0.601. The summed E-state index contributed by atoms with van der Waals surface area (Å²) >= 11 is 1.53. The molecule has 1 N–H and O–H groups in total. The van der Waals surface area contributed by atoms with Crippen LogP contribution in [0.15, 0.2) is 76.7 Å². The average Bonchev–Trinajstić information content (AvgIpc) is 3.10. The molecule has 0 radical (unpaired) electrons. The van der Waals surface area contributed by atoms with Crippen molar-refractivity contribution in [1.82, 2.24) is 14.9 Å². The molecule has 1 atom stereocenters. The van der Waals surface area contributed by atoms with Crippen LogP contribution in [0.5, 0.6) is 0 Å². The summed E-state index contributed by atoms with van der Waals surface area (Å²) in [6.45, 7) is 1.81. The number of carbonyl (C=O) groups excluding carboxylic acids is 1. The van der Waals surface area contributed by atoms with Gasteiger partial charge in [0.05, 0.1) is 12.1 Å². The predicted molar refractivity (Wildman–Crippen MR) is 110 cm³/mol. The van der Waals surface area contributed by atoms with Crippen LogP contribution in [0.3, 0.4) is 0 Å². The lowest BCUT2D eigenvalue weighted by molar-refractivity contribution is -0.122. The number of hydrogen-bond acceptors (Lipinski definition) is 4. The molecule has 4 rings (SSSR count). The summed E-state index contributed by atoms with van der Waals surface area (Å²) in [7, 11) is 0. The van der Waals surface area contributed by atoms with Gasteiger partial charge in [-0.25, -0.2) is 4.98 Å². The van der Waals surface area contributed by atoms with Crippen LogP contribution in [0.2, 0.25) is 0 Å². The van der Waals surface area contributed by atoms with E-state index in [-0.39, 0.29) is 30.0 Å². The largest absolute Gasteiger partial charge is 0.345 e. The van der Waals surface area contributed by atoms with Gasteiger partial charge in [-0.05, 0) is 18.1 Å². The number of benzene rings is 2. The van der Waals surface area contributed by atoms with Crippen molar-refractivity contribution in [3.05, 3.63) is 93.9 Å². The van der Waals surface area contributed by atoms with Gasteiger partial charge in [0.1, 0.15) is 0 Å². The Morgan fingerprint density at radius 1 is 1.14 bits per heavy atom. The second-order valence-electron chi connectivity index (χ2n) is 6.88. The second kappa shape index (κ2) is 8.02. The van der Waals surface area contributed by atoms with Crippen LogP contribution in [0.1, 0.15) is 35.3 Å². The lowest BCUT2D eigenvalue weighted by Gasteiger charge is -2.21. The standard InChI is InChI=1S/C22H21N3O2S/c1-15-12-20(27)25-18(14-28-22(25)23-15)13-19(26)24-21(16-8-4-2-5-9-16)17-10-6-3-7-11-17/h2-12,18,21H,13-14H2,1H3,(H,24,26)/t18-/m0/s1. The van der Waals surface area contributed by atoms with Gasteiger partial charge < -0.3 is 5.32 Å². The van der Waals surface area contributed by atoms with E-state index < -0.39 is 0 Å². The van der Waals surface area contributed by atoms with Gasteiger partial charge in [0, 0.05) is 23.9 Å². The van der Waals surface area contributed by atoms with E-state index in [9.17, 15) is 9.59 Å². The van der Waals surface area contributed by atoms with E-state index in [2.05, 4.69) is 10.3 Å². The number of rotatable bonds is 5. The minimum atomic E-state index is -0.226. The molecule has 0 spiro atoms. The third kappa shape index (κ3) is 3.87. The molecule has 28 heavy (non-hydrogen) atoms. The highest BCUT2D eigenvalue weighted by atomic mass is 32.2. The molecule has 1 aliphatic rings. The van der Waals surface area contributed by atoms with Crippen molar-refractivity contribution in [2.45, 2.75) is 30.6 Å². The molecule has 0 saturated heterocycles. The number of nitrogens with zero attached hydrogens (tertiary/aromatic N) is 2. The Morgan fingerprint density at radius 2 is 1.75 bits per heavy atom. The average molecular weight is 391 g/mol. The zero-order valence-corrected chi connectivity index (χ0v) is 16.4. The lowest BCUT2D eigenvalue weighted by Crippen LogP contribution is -2.33. The van der Waals surface area contributed by atoms with Gasteiger partial charge in [0.15, 0.2) is 5.16 Å². The number of thioether (sulfide) groups is 1. The monoisotopic (exact) mass is 391 g/mol. The Morgan fingerprint density at radius 3 is 2.36 bits per heavy atom. The summed E-state index contributed by atoms with van der Waals surface area (Å²) in [5.41, 5.74) is 2.67. The van der Waals surface area contributed by atoms with Crippen molar-refractivity contribution in [3.63, 3.8) is 0 Å². The van der Waals surface area contributed by atoms with Crippen molar-refractivity contribution in [3.8, 4) is 0 Å². The molecule has 1 aromatic heterocycles. The Kier molecular flexibility index (Phi) is 5.30. The third-order valence-corrected chi connectivity index (χ3v) is 5.91. The van der Waals surface area contributed by atoms with Crippen LogP contribution in [0.4, 0.5) is 0 Å². The van der Waals surface area contributed by atoms with Crippen LogP contribution in [0.25, 0.3) is 0 Å². The van der Waals surface area contributed by atoms with Gasteiger partial charge in [-0.15, -0.1) is 0 Å². The first-order valence-corrected chi connectivity index (χ1v) is 10.2. The molecular formula is C22H21N3O2S. The lowest BCUT2D eigenvalue weighted by atomic mass is 9.98. The quantitative estimate of drug-likeness (QED) is 0.676. The summed E-state index contributed by atoms with van der Waals surface area (Å²) in [6.07, 6.45) is 0.251.